The van der Waals surface area contributed by atoms with Gasteiger partial charge in [0.2, 0.25) is 5.28 Å². The number of anilines is 1. The number of nitrogens with zero attached hydrogens (tertiary/aromatic N) is 5. The maximum Gasteiger partial charge on any atom is 0.345 e. The first-order valence-corrected chi connectivity index (χ1v) is 15.2. The molecule has 2 aromatic heterocycles. The zero-order valence-electron chi connectivity index (χ0n) is 20.1. The van der Waals surface area contributed by atoms with Crippen LogP contribution in [-0.4, -0.2) is 73.6 Å². The molecule has 1 aromatic carbocycles. The van der Waals surface area contributed by atoms with Gasteiger partial charge >= 0.3 is 15.2 Å². The van der Waals surface area contributed by atoms with Gasteiger partial charge in [0, 0.05) is 17.5 Å². The van der Waals surface area contributed by atoms with Gasteiger partial charge in [-0.05, 0) is 43.5 Å². The molecular formula is C20H26Cl2N6O8P2. The molecule has 1 fully saturated rings. The minimum absolute atomic E-state index is 0.0150. The summed E-state index contributed by atoms with van der Waals surface area (Å²) < 4.78 is 30.6. The van der Waals surface area contributed by atoms with Gasteiger partial charge in [-0.15, -0.1) is 5.10 Å². The zero-order chi connectivity index (χ0) is 28.0. The Balaban J connectivity index is 1.55. The van der Waals surface area contributed by atoms with Gasteiger partial charge in [0.15, 0.2) is 21.9 Å². The van der Waals surface area contributed by atoms with Crippen LogP contribution in [0.4, 0.5) is 5.82 Å². The predicted molar refractivity (Wildman–Crippen MR) is 138 cm³/mol. The average molecular weight is 611 g/mol. The first kappa shape index (κ1) is 29.3. The molecule has 5 atom stereocenters. The zero-order valence-corrected chi connectivity index (χ0v) is 23.4. The highest BCUT2D eigenvalue weighted by atomic mass is 35.5. The van der Waals surface area contributed by atoms with E-state index in [2.05, 4.69) is 25.6 Å². The molecule has 208 valence electrons. The van der Waals surface area contributed by atoms with Crippen LogP contribution >= 0.6 is 38.4 Å². The Morgan fingerprint density at radius 2 is 1.82 bits per heavy atom. The fourth-order valence-electron chi connectivity index (χ4n) is 4.00. The Morgan fingerprint density at radius 1 is 1.13 bits per heavy atom. The molecule has 0 saturated heterocycles. The van der Waals surface area contributed by atoms with Gasteiger partial charge < -0.3 is 34.7 Å². The molecule has 0 radical (unpaired) electrons. The Hall–Kier alpha value is -1.70. The van der Waals surface area contributed by atoms with Gasteiger partial charge in [-0.2, -0.15) is 9.97 Å². The SMILES string of the molecule is CC(C)(P(=O)(O)O)P(=O)(O)OC[C@H]1C[C@@H](n2nnc3c(NCc4ccccc4Cl)nc(Cl)nc32)[C@H](O)[C@@H]1O. The average Bonchev–Trinajstić information content (AvgIpc) is 3.37. The first-order chi connectivity index (χ1) is 17.6. The third kappa shape index (κ3) is 5.48. The summed E-state index contributed by atoms with van der Waals surface area (Å²) in [5.41, 5.74) is 1.20. The lowest BCUT2D eigenvalue weighted by molar-refractivity contribution is -0.00392. The first-order valence-electron chi connectivity index (χ1n) is 11.3. The maximum atomic E-state index is 12.6. The van der Waals surface area contributed by atoms with Gasteiger partial charge in [0.1, 0.15) is 6.10 Å². The topological polar surface area (TPSA) is 213 Å². The van der Waals surface area contributed by atoms with Crippen LogP contribution in [0.3, 0.4) is 0 Å². The number of aliphatic hydroxyl groups is 2. The molecule has 3 aromatic rings. The molecular weight excluding hydrogens is 585 g/mol. The van der Waals surface area contributed by atoms with Crippen LogP contribution in [0.1, 0.15) is 31.9 Å². The van der Waals surface area contributed by atoms with Crippen LogP contribution in [0, 0.1) is 5.92 Å². The maximum absolute atomic E-state index is 12.6. The van der Waals surface area contributed by atoms with E-state index in [1.807, 2.05) is 12.1 Å². The molecule has 18 heteroatoms. The van der Waals surface area contributed by atoms with Crippen LogP contribution in [0.2, 0.25) is 10.3 Å². The van der Waals surface area contributed by atoms with E-state index >= 15 is 0 Å². The van der Waals surface area contributed by atoms with E-state index in [0.717, 1.165) is 19.4 Å². The van der Waals surface area contributed by atoms with E-state index in [-0.39, 0.29) is 28.7 Å². The fourth-order valence-corrected chi connectivity index (χ4v) is 6.56. The molecule has 2 heterocycles. The van der Waals surface area contributed by atoms with Gasteiger partial charge in [-0.3, -0.25) is 9.13 Å². The number of aromatic nitrogens is 5. The van der Waals surface area contributed by atoms with E-state index in [1.165, 1.54) is 4.68 Å². The molecule has 1 unspecified atom stereocenters. The molecule has 6 N–H and O–H groups in total. The molecule has 0 amide bonds. The number of rotatable bonds is 9. The number of halogens is 2. The second-order valence-electron chi connectivity index (χ2n) is 9.39. The van der Waals surface area contributed by atoms with Crippen molar-refractivity contribution in [2.24, 2.45) is 5.92 Å². The lowest BCUT2D eigenvalue weighted by Gasteiger charge is -2.30. The third-order valence-electron chi connectivity index (χ3n) is 6.65. The van der Waals surface area contributed by atoms with Crippen molar-refractivity contribution in [3.05, 3.63) is 40.1 Å². The summed E-state index contributed by atoms with van der Waals surface area (Å²) in [6, 6.07) is 6.33. The molecule has 0 bridgehead atoms. The second kappa shape index (κ2) is 10.7. The van der Waals surface area contributed by atoms with Crippen molar-refractivity contribution >= 4 is 55.4 Å². The van der Waals surface area contributed by atoms with Crippen LogP contribution < -0.4 is 5.32 Å². The molecule has 38 heavy (non-hydrogen) atoms. The standard InChI is InChI=1S/C20H26Cl2N6O8P2/c1-20(2,37(31,32)33)38(34,35)36-9-11-7-13(16(30)15(11)29)28-18-14(26-27-28)17(24-19(22)25-18)23-8-10-5-3-4-6-12(10)21/h3-6,11,13,15-16,29-30H,7-9H2,1-2H3,(H,34,35)(H,23,24,25)(H2,31,32,33)/t11-,13-,15-,16+/m1/s1. The lowest BCUT2D eigenvalue weighted by Crippen LogP contribution is -2.31. The van der Waals surface area contributed by atoms with Crippen molar-refractivity contribution in [3.8, 4) is 0 Å². The highest BCUT2D eigenvalue weighted by molar-refractivity contribution is 7.72. The highest BCUT2D eigenvalue weighted by Crippen LogP contribution is 2.71. The van der Waals surface area contributed by atoms with Crippen LogP contribution in [0.5, 0.6) is 0 Å². The summed E-state index contributed by atoms with van der Waals surface area (Å²) in [5.74, 6) is -0.614. The summed E-state index contributed by atoms with van der Waals surface area (Å²) in [7, 11) is -9.84. The molecule has 0 aliphatic heterocycles. The van der Waals surface area contributed by atoms with Crippen LogP contribution in [-0.2, 0) is 20.2 Å². The largest absolute Gasteiger partial charge is 0.390 e. The molecule has 0 spiro atoms. The number of hydrogen-bond donors (Lipinski definition) is 6. The van der Waals surface area contributed by atoms with Gasteiger partial charge in [-0.25, -0.2) is 4.68 Å². The second-order valence-corrected chi connectivity index (χ2v) is 15.1. The summed E-state index contributed by atoms with van der Waals surface area (Å²) in [6.07, 6.45) is -2.79. The number of benzene rings is 1. The lowest BCUT2D eigenvalue weighted by atomic mass is 10.1. The van der Waals surface area contributed by atoms with Crippen LogP contribution in [0.25, 0.3) is 11.2 Å². The normalized spacial score (nSPS) is 24.0. The minimum Gasteiger partial charge on any atom is -0.390 e. The van der Waals surface area contributed by atoms with Crippen molar-refractivity contribution < 1.29 is 38.5 Å². The van der Waals surface area contributed by atoms with Crippen molar-refractivity contribution in [1.29, 1.82) is 0 Å². The van der Waals surface area contributed by atoms with Crippen molar-refractivity contribution in [3.63, 3.8) is 0 Å². The van der Waals surface area contributed by atoms with Crippen molar-refractivity contribution in [2.75, 3.05) is 11.9 Å². The van der Waals surface area contributed by atoms with Gasteiger partial charge in [0.05, 0.1) is 18.8 Å². The quantitative estimate of drug-likeness (QED) is 0.152. The van der Waals surface area contributed by atoms with E-state index in [0.29, 0.717) is 11.6 Å². The van der Waals surface area contributed by atoms with E-state index in [4.69, 9.17) is 27.7 Å². The van der Waals surface area contributed by atoms with Crippen molar-refractivity contribution in [1.82, 2.24) is 25.0 Å². The highest BCUT2D eigenvalue weighted by Gasteiger charge is 2.55. The molecule has 1 aliphatic carbocycles. The number of fused-ring (bicyclic) bond motifs is 1. The van der Waals surface area contributed by atoms with Crippen LogP contribution in [0.15, 0.2) is 24.3 Å². The third-order valence-corrected chi connectivity index (χ3v) is 12.0. The number of nitrogens with one attached hydrogen (secondary N) is 1. The minimum atomic E-state index is -5.01. The number of hydrogen-bond acceptors (Lipinski definition) is 10. The summed E-state index contributed by atoms with van der Waals surface area (Å²) in [5, 5.41) is 33.0. The van der Waals surface area contributed by atoms with E-state index in [9.17, 15) is 34.0 Å². The van der Waals surface area contributed by atoms with E-state index in [1.54, 1.807) is 12.1 Å². The summed E-state index contributed by atoms with van der Waals surface area (Å²) in [6.45, 7) is 1.57. The van der Waals surface area contributed by atoms with Gasteiger partial charge in [-0.1, -0.05) is 35.0 Å². The van der Waals surface area contributed by atoms with Crippen molar-refractivity contribution in [2.45, 2.75) is 50.0 Å². The fraction of sp³-hybridized carbons (Fsp3) is 0.500. The Labute approximate surface area is 226 Å². The smallest absolute Gasteiger partial charge is 0.345 e. The van der Waals surface area contributed by atoms with Gasteiger partial charge in [0.25, 0.3) is 0 Å². The predicted octanol–water partition coefficient (Wildman–Crippen LogP) is 2.54. The molecule has 14 nitrogen and oxygen atoms in total. The number of aliphatic hydroxyl groups excluding tert-OH is 2. The monoisotopic (exact) mass is 610 g/mol. The Bertz CT molecular complexity index is 1440. The van der Waals surface area contributed by atoms with E-state index < -0.39 is 50.9 Å². The summed E-state index contributed by atoms with van der Waals surface area (Å²) in [4.78, 5) is 35.1. The Kier molecular flexibility index (Phi) is 8.25. The molecule has 1 aliphatic rings. The summed E-state index contributed by atoms with van der Waals surface area (Å²) >= 11 is 12.3. The Morgan fingerprint density at radius 3 is 2.47 bits per heavy atom. The molecule has 4 rings (SSSR count). The molecule has 1 saturated carbocycles.